The molecule has 2 aromatic carbocycles. The lowest BCUT2D eigenvalue weighted by molar-refractivity contribution is -0.131. The van der Waals surface area contributed by atoms with Gasteiger partial charge in [-0.1, -0.05) is 30.3 Å². The van der Waals surface area contributed by atoms with Crippen LogP contribution in [0.3, 0.4) is 0 Å². The van der Waals surface area contributed by atoms with E-state index in [1.807, 2.05) is 37.3 Å². The lowest BCUT2D eigenvalue weighted by atomic mass is 10.1. The Morgan fingerprint density at radius 2 is 1.89 bits per heavy atom. The quantitative estimate of drug-likeness (QED) is 0.291. The highest BCUT2D eigenvalue weighted by Crippen LogP contribution is 2.33. The summed E-state index contributed by atoms with van der Waals surface area (Å²) in [5, 5.41) is 1.35. The van der Waals surface area contributed by atoms with Crippen LogP contribution in [0.25, 0.3) is 32.8 Å². The van der Waals surface area contributed by atoms with Gasteiger partial charge in [0.05, 0.1) is 11.3 Å². The maximum absolute atomic E-state index is 12.5. The Morgan fingerprint density at radius 1 is 1.11 bits per heavy atom. The van der Waals surface area contributed by atoms with Crippen molar-refractivity contribution >= 4 is 28.3 Å². The molecule has 0 saturated carbocycles. The minimum absolute atomic E-state index is 0.336. The summed E-state index contributed by atoms with van der Waals surface area (Å²) in [5.41, 5.74) is 2.17. The van der Waals surface area contributed by atoms with Crippen molar-refractivity contribution in [3.63, 3.8) is 0 Å². The van der Waals surface area contributed by atoms with Crippen LogP contribution in [0.5, 0.6) is 5.75 Å². The van der Waals surface area contributed by atoms with Crippen LogP contribution in [0.15, 0.2) is 63.8 Å². The average Bonchev–Trinajstić information content (AvgIpc) is 3.03. The summed E-state index contributed by atoms with van der Waals surface area (Å²) in [6.07, 6.45) is 0. The zero-order chi connectivity index (χ0) is 19.0. The van der Waals surface area contributed by atoms with Crippen LogP contribution in [-0.4, -0.2) is 11.0 Å². The number of carbonyl (C=O) groups is 1. The van der Waals surface area contributed by atoms with Gasteiger partial charge in [0.2, 0.25) is 0 Å². The molecule has 0 aliphatic heterocycles. The lowest BCUT2D eigenvalue weighted by Gasteiger charge is -2.03. The maximum atomic E-state index is 12.5. The van der Waals surface area contributed by atoms with Crippen LogP contribution in [0.2, 0.25) is 0 Å². The summed E-state index contributed by atoms with van der Waals surface area (Å²) >= 11 is 1.46. The van der Waals surface area contributed by atoms with Crippen LogP contribution in [0.1, 0.15) is 11.8 Å². The Hall–Kier alpha value is -3.25. The van der Waals surface area contributed by atoms with Gasteiger partial charge in [0.1, 0.15) is 16.3 Å². The predicted octanol–water partition coefficient (Wildman–Crippen LogP) is 4.82. The third-order valence-electron chi connectivity index (χ3n) is 4.04. The first-order valence-corrected chi connectivity index (χ1v) is 9.12. The first-order chi connectivity index (χ1) is 13.0. The number of hydrogen-bond donors (Lipinski definition) is 0. The van der Waals surface area contributed by atoms with E-state index in [1.165, 1.54) is 24.3 Å². The van der Waals surface area contributed by atoms with E-state index in [2.05, 4.69) is 4.98 Å². The molecule has 0 atom stereocenters. The van der Waals surface area contributed by atoms with Crippen molar-refractivity contribution in [2.45, 2.75) is 13.8 Å². The van der Waals surface area contributed by atoms with Crippen molar-refractivity contribution in [3.8, 4) is 27.6 Å². The van der Waals surface area contributed by atoms with E-state index in [4.69, 9.17) is 9.15 Å². The molecule has 0 spiro atoms. The summed E-state index contributed by atoms with van der Waals surface area (Å²) < 4.78 is 10.5. The number of nitrogens with zero attached hydrogens (tertiary/aromatic N) is 1. The lowest BCUT2D eigenvalue weighted by Crippen LogP contribution is -2.04. The molecule has 4 aromatic rings. The monoisotopic (exact) mass is 377 g/mol. The molecule has 0 unspecified atom stereocenters. The fourth-order valence-electron chi connectivity index (χ4n) is 2.85. The topological polar surface area (TPSA) is 69.4 Å². The van der Waals surface area contributed by atoms with Crippen LogP contribution in [0, 0.1) is 6.92 Å². The molecule has 134 valence electrons. The Morgan fingerprint density at radius 3 is 2.63 bits per heavy atom. The Labute approximate surface area is 158 Å². The van der Waals surface area contributed by atoms with Crippen LogP contribution < -0.4 is 10.4 Å². The number of aromatic nitrogens is 1. The fraction of sp³-hybridized carbons (Fsp3) is 0.0952. The van der Waals surface area contributed by atoms with Crippen molar-refractivity contribution in [2.75, 3.05) is 0 Å². The standard InChI is InChI=1S/C21H15NO4S/c1-12-19(14-6-4-3-5-7-14)22-20(27-12)17-10-15-8-9-16(25-13(2)23)11-18(15)26-21(17)24/h3-11H,1-2H3. The number of rotatable bonds is 3. The van der Waals surface area contributed by atoms with E-state index in [9.17, 15) is 9.59 Å². The van der Waals surface area contributed by atoms with E-state index < -0.39 is 11.6 Å². The van der Waals surface area contributed by atoms with E-state index in [0.29, 0.717) is 21.9 Å². The zero-order valence-corrected chi connectivity index (χ0v) is 15.5. The summed E-state index contributed by atoms with van der Waals surface area (Å²) in [7, 11) is 0. The number of benzene rings is 2. The van der Waals surface area contributed by atoms with Crippen molar-refractivity contribution < 1.29 is 13.9 Å². The molecule has 5 nitrogen and oxygen atoms in total. The molecule has 0 radical (unpaired) electrons. The first kappa shape index (κ1) is 17.2. The van der Waals surface area contributed by atoms with Gasteiger partial charge in [0.25, 0.3) is 0 Å². The van der Waals surface area contributed by atoms with Crippen molar-refractivity contribution in [1.29, 1.82) is 0 Å². The molecule has 0 saturated heterocycles. The van der Waals surface area contributed by atoms with E-state index in [1.54, 1.807) is 18.2 Å². The minimum atomic E-state index is -0.476. The largest absolute Gasteiger partial charge is 0.427 e. The number of carbonyl (C=O) groups excluding carboxylic acids is 1. The second-order valence-corrected chi connectivity index (χ2v) is 7.23. The van der Waals surface area contributed by atoms with Crippen LogP contribution >= 0.6 is 11.3 Å². The van der Waals surface area contributed by atoms with Crippen LogP contribution in [-0.2, 0) is 4.79 Å². The van der Waals surface area contributed by atoms with Gasteiger partial charge in [-0.2, -0.15) is 0 Å². The van der Waals surface area contributed by atoms with Gasteiger partial charge < -0.3 is 9.15 Å². The molecule has 0 aliphatic carbocycles. The highest BCUT2D eigenvalue weighted by atomic mass is 32.1. The highest BCUT2D eigenvalue weighted by Gasteiger charge is 2.16. The van der Waals surface area contributed by atoms with Crippen molar-refractivity contribution in [2.24, 2.45) is 0 Å². The molecule has 6 heteroatoms. The van der Waals surface area contributed by atoms with Gasteiger partial charge in [-0.25, -0.2) is 9.78 Å². The maximum Gasteiger partial charge on any atom is 0.346 e. The molecular formula is C21H15NO4S. The average molecular weight is 377 g/mol. The number of aryl methyl sites for hydroxylation is 1. The van der Waals surface area contributed by atoms with E-state index in [-0.39, 0.29) is 0 Å². The minimum Gasteiger partial charge on any atom is -0.427 e. The summed E-state index contributed by atoms with van der Waals surface area (Å²) in [4.78, 5) is 29.3. The smallest absolute Gasteiger partial charge is 0.346 e. The Balaban J connectivity index is 1.79. The van der Waals surface area contributed by atoms with Gasteiger partial charge in [-0.05, 0) is 25.1 Å². The molecule has 0 bridgehead atoms. The first-order valence-electron chi connectivity index (χ1n) is 8.31. The number of esters is 1. The summed E-state index contributed by atoms with van der Waals surface area (Å²) in [5.74, 6) is -0.0950. The summed E-state index contributed by atoms with van der Waals surface area (Å²) in [6.45, 7) is 3.30. The van der Waals surface area contributed by atoms with Gasteiger partial charge >= 0.3 is 11.6 Å². The van der Waals surface area contributed by atoms with Crippen LogP contribution in [0.4, 0.5) is 0 Å². The number of hydrogen-bond acceptors (Lipinski definition) is 6. The molecule has 0 amide bonds. The van der Waals surface area contributed by atoms with Gasteiger partial charge in [0, 0.05) is 28.8 Å². The SMILES string of the molecule is CC(=O)Oc1ccc2cc(-c3nc(-c4ccccc4)c(C)s3)c(=O)oc2c1. The molecule has 2 aromatic heterocycles. The fourth-order valence-corrected chi connectivity index (χ4v) is 3.78. The predicted molar refractivity (Wildman–Crippen MR) is 105 cm³/mol. The third-order valence-corrected chi connectivity index (χ3v) is 5.05. The van der Waals surface area contributed by atoms with Gasteiger partial charge in [0.15, 0.2) is 0 Å². The zero-order valence-electron chi connectivity index (χ0n) is 14.7. The second-order valence-electron chi connectivity index (χ2n) is 6.03. The normalized spacial score (nSPS) is 10.9. The van der Waals surface area contributed by atoms with Gasteiger partial charge in [-0.15, -0.1) is 11.3 Å². The molecule has 0 N–H and O–H groups in total. The molecule has 27 heavy (non-hydrogen) atoms. The summed E-state index contributed by atoms with van der Waals surface area (Å²) in [6, 6.07) is 16.5. The molecule has 4 rings (SSSR count). The third kappa shape index (κ3) is 3.39. The van der Waals surface area contributed by atoms with E-state index in [0.717, 1.165) is 21.5 Å². The molecule has 0 aliphatic rings. The molecular weight excluding hydrogens is 362 g/mol. The number of ether oxygens (including phenoxy) is 1. The number of thiazole rings is 1. The highest BCUT2D eigenvalue weighted by molar-refractivity contribution is 7.15. The van der Waals surface area contributed by atoms with E-state index >= 15 is 0 Å². The molecule has 0 fully saturated rings. The van der Waals surface area contributed by atoms with Crippen molar-refractivity contribution in [3.05, 3.63) is 69.9 Å². The molecule has 2 heterocycles. The Kier molecular flexibility index (Phi) is 4.33. The number of fused-ring (bicyclic) bond motifs is 1. The van der Waals surface area contributed by atoms with Crippen molar-refractivity contribution in [1.82, 2.24) is 4.98 Å². The van der Waals surface area contributed by atoms with Gasteiger partial charge in [-0.3, -0.25) is 4.79 Å². The Bertz CT molecular complexity index is 1210. The second kappa shape index (κ2) is 6.81.